The number of hydrogen-bond acceptors (Lipinski definition) is 4. The van der Waals surface area contributed by atoms with Crippen LogP contribution in [-0.2, 0) is 0 Å². The van der Waals surface area contributed by atoms with Crippen molar-refractivity contribution in [2.45, 2.75) is 0 Å². The fraction of sp³-hybridized carbons (Fsp3) is 0. The molecule has 0 amide bonds. The fourth-order valence-electron chi connectivity index (χ4n) is 1.70. The van der Waals surface area contributed by atoms with Crippen molar-refractivity contribution in [2.75, 3.05) is 0 Å². The topological polar surface area (TPSA) is 88.1 Å². The summed E-state index contributed by atoms with van der Waals surface area (Å²) in [6, 6.07) is 15.2. The Hall–Kier alpha value is -2.42. The van der Waals surface area contributed by atoms with Gasteiger partial charge in [-0.2, -0.15) is 5.26 Å². The normalized spacial score (nSPS) is 9.74. The van der Waals surface area contributed by atoms with Gasteiger partial charge in [-0.05, 0) is 23.2 Å². The average Bonchev–Trinajstić information content (AvgIpc) is 2.46. The van der Waals surface area contributed by atoms with Crippen LogP contribution in [0, 0.1) is 16.7 Å². The lowest BCUT2D eigenvalue weighted by Gasteiger charge is -2.06. The van der Waals surface area contributed by atoms with Gasteiger partial charge in [0.15, 0.2) is 0 Å². The van der Waals surface area contributed by atoms with Crippen LogP contribution in [0.5, 0.6) is 0 Å². The third-order valence-corrected chi connectivity index (χ3v) is 2.80. The van der Waals surface area contributed by atoms with E-state index in [9.17, 15) is 0 Å². The monoisotopic (exact) mass is 250 g/mol. The molecule has 19 heavy (non-hydrogen) atoms. The zero-order chi connectivity index (χ0) is 13.8. The van der Waals surface area contributed by atoms with Crippen LogP contribution in [0.15, 0.2) is 48.5 Å². The van der Waals surface area contributed by atoms with Gasteiger partial charge < -0.3 is 10.0 Å². The third kappa shape index (κ3) is 2.88. The minimum Gasteiger partial charge on any atom is -0.423 e. The first-order valence-electron chi connectivity index (χ1n) is 5.67. The zero-order valence-corrected chi connectivity index (χ0v) is 10.0. The molecule has 0 aliphatic heterocycles. The Labute approximate surface area is 111 Å². The maximum atomic E-state index is 9.00. The number of rotatable bonds is 3. The summed E-state index contributed by atoms with van der Waals surface area (Å²) in [6.45, 7) is 0. The predicted molar refractivity (Wildman–Crippen MR) is 73.4 cm³/mol. The van der Waals surface area contributed by atoms with E-state index < -0.39 is 7.12 Å². The Kier molecular flexibility index (Phi) is 3.76. The summed E-state index contributed by atoms with van der Waals surface area (Å²) in [5, 5.41) is 34.8. The Morgan fingerprint density at radius 2 is 1.42 bits per heavy atom. The molecule has 2 aromatic rings. The number of nitriles is 1. The van der Waals surface area contributed by atoms with Crippen LogP contribution < -0.4 is 5.46 Å². The summed E-state index contributed by atoms with van der Waals surface area (Å²) < 4.78 is 0. The van der Waals surface area contributed by atoms with Crippen LogP contribution in [0.3, 0.4) is 0 Å². The number of benzene rings is 2. The van der Waals surface area contributed by atoms with Crippen molar-refractivity contribution in [2.24, 2.45) is 0 Å². The minimum absolute atomic E-state index is 0.323. The SMILES string of the molecule is N#Cc1ccc(C(=N)c2ccc(B(O)O)cc2)cc1. The lowest BCUT2D eigenvalue weighted by Crippen LogP contribution is -2.29. The molecule has 0 fully saturated rings. The van der Waals surface area contributed by atoms with Gasteiger partial charge in [0.05, 0.1) is 17.3 Å². The maximum absolute atomic E-state index is 9.00. The molecule has 0 spiro atoms. The summed E-state index contributed by atoms with van der Waals surface area (Å²) in [4.78, 5) is 0. The summed E-state index contributed by atoms with van der Waals surface area (Å²) in [5.41, 5.74) is 2.64. The molecule has 2 aromatic carbocycles. The molecular formula is C14H11BN2O2. The van der Waals surface area contributed by atoms with E-state index in [2.05, 4.69) is 0 Å². The van der Waals surface area contributed by atoms with E-state index in [0.29, 0.717) is 27.9 Å². The molecular weight excluding hydrogens is 239 g/mol. The van der Waals surface area contributed by atoms with Crippen LogP contribution in [0.25, 0.3) is 0 Å². The van der Waals surface area contributed by atoms with Crippen molar-refractivity contribution in [1.29, 1.82) is 10.7 Å². The van der Waals surface area contributed by atoms with Crippen molar-refractivity contribution < 1.29 is 10.0 Å². The van der Waals surface area contributed by atoms with E-state index in [4.69, 9.17) is 20.7 Å². The van der Waals surface area contributed by atoms with E-state index >= 15 is 0 Å². The molecule has 0 saturated heterocycles. The van der Waals surface area contributed by atoms with E-state index in [-0.39, 0.29) is 0 Å². The highest BCUT2D eigenvalue weighted by Gasteiger charge is 2.11. The van der Waals surface area contributed by atoms with Gasteiger partial charge in [-0.1, -0.05) is 36.4 Å². The Morgan fingerprint density at radius 1 is 0.947 bits per heavy atom. The summed E-state index contributed by atoms with van der Waals surface area (Å²) in [5.74, 6) is 0. The van der Waals surface area contributed by atoms with E-state index in [1.165, 1.54) is 0 Å². The smallest absolute Gasteiger partial charge is 0.423 e. The second-order valence-electron chi connectivity index (χ2n) is 4.06. The first kappa shape index (κ1) is 13.0. The van der Waals surface area contributed by atoms with Crippen LogP contribution >= 0.6 is 0 Å². The second kappa shape index (κ2) is 5.48. The van der Waals surface area contributed by atoms with Crippen molar-refractivity contribution in [3.63, 3.8) is 0 Å². The number of nitrogens with one attached hydrogen (secondary N) is 1. The molecule has 0 aliphatic carbocycles. The van der Waals surface area contributed by atoms with Crippen LogP contribution in [0.4, 0.5) is 0 Å². The molecule has 3 N–H and O–H groups in total. The highest BCUT2D eigenvalue weighted by Crippen LogP contribution is 2.10. The third-order valence-electron chi connectivity index (χ3n) is 2.80. The molecule has 5 heteroatoms. The minimum atomic E-state index is -1.50. The first-order valence-corrected chi connectivity index (χ1v) is 5.67. The molecule has 0 aromatic heterocycles. The molecule has 92 valence electrons. The summed E-state index contributed by atoms with van der Waals surface area (Å²) in [7, 11) is -1.50. The van der Waals surface area contributed by atoms with Crippen LogP contribution in [0.2, 0.25) is 0 Å². The van der Waals surface area contributed by atoms with Gasteiger partial charge in [-0.25, -0.2) is 0 Å². The second-order valence-corrected chi connectivity index (χ2v) is 4.06. The quantitative estimate of drug-likeness (QED) is 0.552. The zero-order valence-electron chi connectivity index (χ0n) is 10.0. The summed E-state index contributed by atoms with van der Waals surface area (Å²) in [6.07, 6.45) is 0. The molecule has 0 heterocycles. The van der Waals surface area contributed by atoms with Crippen molar-refractivity contribution >= 4 is 18.3 Å². The Morgan fingerprint density at radius 3 is 1.84 bits per heavy atom. The van der Waals surface area contributed by atoms with Gasteiger partial charge in [0.25, 0.3) is 0 Å². The van der Waals surface area contributed by atoms with E-state index in [0.717, 1.165) is 0 Å². The van der Waals surface area contributed by atoms with Gasteiger partial charge in [-0.15, -0.1) is 0 Å². The molecule has 0 radical (unpaired) electrons. The van der Waals surface area contributed by atoms with Gasteiger partial charge in [0, 0.05) is 5.56 Å². The lowest BCUT2D eigenvalue weighted by atomic mass is 9.80. The highest BCUT2D eigenvalue weighted by atomic mass is 16.4. The van der Waals surface area contributed by atoms with Crippen molar-refractivity contribution in [1.82, 2.24) is 0 Å². The molecule has 0 aliphatic rings. The van der Waals surface area contributed by atoms with Crippen LogP contribution in [-0.4, -0.2) is 22.9 Å². The standard InChI is InChI=1S/C14H11BN2O2/c16-9-10-1-3-11(4-2-10)14(17)12-5-7-13(8-6-12)15(18)19/h1-8,17-19H. The van der Waals surface area contributed by atoms with E-state index in [1.54, 1.807) is 48.5 Å². The van der Waals surface area contributed by atoms with Crippen LogP contribution in [0.1, 0.15) is 16.7 Å². The maximum Gasteiger partial charge on any atom is 0.488 e. The van der Waals surface area contributed by atoms with Gasteiger partial charge >= 0.3 is 7.12 Å². The van der Waals surface area contributed by atoms with Gasteiger partial charge in [0.1, 0.15) is 0 Å². The van der Waals surface area contributed by atoms with Gasteiger partial charge in [0.2, 0.25) is 0 Å². The van der Waals surface area contributed by atoms with Crippen molar-refractivity contribution in [3.05, 3.63) is 65.2 Å². The highest BCUT2D eigenvalue weighted by molar-refractivity contribution is 6.58. The predicted octanol–water partition coefficient (Wildman–Crippen LogP) is 0.654. The molecule has 2 rings (SSSR count). The molecule has 0 bridgehead atoms. The Balaban J connectivity index is 2.25. The molecule has 4 nitrogen and oxygen atoms in total. The van der Waals surface area contributed by atoms with Crippen molar-refractivity contribution in [3.8, 4) is 6.07 Å². The van der Waals surface area contributed by atoms with Gasteiger partial charge in [-0.3, -0.25) is 5.41 Å². The fourth-order valence-corrected chi connectivity index (χ4v) is 1.70. The molecule has 0 atom stereocenters. The summed E-state index contributed by atoms with van der Waals surface area (Å²) >= 11 is 0. The largest absolute Gasteiger partial charge is 0.488 e. The number of nitrogens with zero attached hydrogens (tertiary/aromatic N) is 1. The molecule has 0 unspecified atom stereocenters. The lowest BCUT2D eigenvalue weighted by molar-refractivity contribution is 0.426. The van der Waals surface area contributed by atoms with E-state index in [1.807, 2.05) is 6.07 Å². The first-order chi connectivity index (χ1) is 9.11. The Bertz CT molecular complexity index is 628. The average molecular weight is 250 g/mol. The molecule has 0 saturated carbocycles. The number of hydrogen-bond donors (Lipinski definition) is 3.